The summed E-state index contributed by atoms with van der Waals surface area (Å²) >= 11 is 0. The third-order valence-electron chi connectivity index (χ3n) is 3.37. The van der Waals surface area contributed by atoms with E-state index in [1.807, 2.05) is 0 Å². The van der Waals surface area contributed by atoms with Gasteiger partial charge in [-0.15, -0.1) is 0 Å². The summed E-state index contributed by atoms with van der Waals surface area (Å²) in [5.41, 5.74) is 0. The predicted octanol–water partition coefficient (Wildman–Crippen LogP) is 2.76. The van der Waals surface area contributed by atoms with Crippen LogP contribution in [0.5, 0.6) is 0 Å². The van der Waals surface area contributed by atoms with Gasteiger partial charge in [0.05, 0.1) is 0 Å². The first kappa shape index (κ1) is 10.0. The summed E-state index contributed by atoms with van der Waals surface area (Å²) in [7, 11) is 0. The van der Waals surface area contributed by atoms with Gasteiger partial charge < -0.3 is 4.90 Å². The highest BCUT2D eigenvalue weighted by atomic mass is 15.2. The molecule has 1 heterocycles. The number of hydrogen-bond donors (Lipinski definition) is 0. The Bertz CT molecular complexity index is 131. The van der Waals surface area contributed by atoms with Crippen LogP contribution in [0.15, 0.2) is 0 Å². The molecule has 0 aliphatic carbocycles. The monoisotopic (exact) mass is 169 g/mol. The van der Waals surface area contributed by atoms with E-state index in [0.717, 1.165) is 17.9 Å². The molecule has 1 nitrogen and oxygen atoms in total. The molecule has 1 unspecified atom stereocenters. The highest BCUT2D eigenvalue weighted by Crippen LogP contribution is 2.26. The fraction of sp³-hybridized carbons (Fsp3) is 1.00. The molecule has 0 bridgehead atoms. The normalized spacial score (nSPS) is 32.8. The minimum absolute atomic E-state index is 0.741. The van der Waals surface area contributed by atoms with Gasteiger partial charge in [0.1, 0.15) is 0 Å². The van der Waals surface area contributed by atoms with Gasteiger partial charge in [0.25, 0.3) is 0 Å². The summed E-state index contributed by atoms with van der Waals surface area (Å²) in [6.07, 6.45) is 2.78. The Morgan fingerprint density at radius 3 is 2.50 bits per heavy atom. The van der Waals surface area contributed by atoms with Gasteiger partial charge in [-0.05, 0) is 38.6 Å². The lowest BCUT2D eigenvalue weighted by Crippen LogP contribution is -2.42. The zero-order valence-electron chi connectivity index (χ0n) is 9.01. The minimum atomic E-state index is 0.741. The average molecular weight is 169 g/mol. The van der Waals surface area contributed by atoms with Crippen LogP contribution >= 0.6 is 0 Å². The number of nitrogens with zero attached hydrogens (tertiary/aromatic N) is 1. The molecule has 0 aromatic rings. The first-order valence-corrected chi connectivity index (χ1v) is 5.39. The van der Waals surface area contributed by atoms with Crippen molar-refractivity contribution in [1.82, 2.24) is 4.90 Å². The average Bonchev–Trinajstić information content (AvgIpc) is 2.04. The Hall–Kier alpha value is -0.0400. The second-order valence-corrected chi connectivity index (χ2v) is 4.52. The van der Waals surface area contributed by atoms with Crippen molar-refractivity contribution >= 4 is 0 Å². The second-order valence-electron chi connectivity index (χ2n) is 4.52. The lowest BCUT2D eigenvalue weighted by Gasteiger charge is -2.38. The van der Waals surface area contributed by atoms with Gasteiger partial charge in [0.15, 0.2) is 0 Å². The zero-order valence-corrected chi connectivity index (χ0v) is 9.01. The van der Waals surface area contributed by atoms with Crippen LogP contribution in [0.1, 0.15) is 40.5 Å². The Labute approximate surface area is 77.1 Å². The highest BCUT2D eigenvalue weighted by Gasteiger charge is 2.25. The largest absolute Gasteiger partial charge is 0.301 e. The Morgan fingerprint density at radius 1 is 1.42 bits per heavy atom. The number of piperidine rings is 1. The summed E-state index contributed by atoms with van der Waals surface area (Å²) in [6.45, 7) is 12.0. The van der Waals surface area contributed by atoms with E-state index in [-0.39, 0.29) is 0 Å². The number of likely N-dealkylation sites (tertiary alicyclic amines) is 1. The van der Waals surface area contributed by atoms with Gasteiger partial charge in [-0.3, -0.25) is 0 Å². The van der Waals surface area contributed by atoms with E-state index in [1.165, 1.54) is 25.9 Å². The summed E-state index contributed by atoms with van der Waals surface area (Å²) in [6, 6.07) is 0.741. The molecule has 1 rings (SSSR count). The fourth-order valence-corrected chi connectivity index (χ4v) is 2.30. The molecule has 12 heavy (non-hydrogen) atoms. The van der Waals surface area contributed by atoms with Gasteiger partial charge in [-0.1, -0.05) is 20.3 Å². The molecule has 2 atom stereocenters. The van der Waals surface area contributed by atoms with Crippen LogP contribution in [0.4, 0.5) is 0 Å². The van der Waals surface area contributed by atoms with E-state index in [2.05, 4.69) is 32.6 Å². The van der Waals surface area contributed by atoms with Crippen molar-refractivity contribution in [3.05, 3.63) is 0 Å². The molecule has 0 N–H and O–H groups in total. The topological polar surface area (TPSA) is 3.24 Å². The fourth-order valence-electron chi connectivity index (χ4n) is 2.30. The van der Waals surface area contributed by atoms with Crippen molar-refractivity contribution in [2.75, 3.05) is 13.1 Å². The van der Waals surface area contributed by atoms with E-state index in [1.54, 1.807) is 0 Å². The maximum atomic E-state index is 2.61. The molecule has 0 radical (unpaired) electrons. The van der Waals surface area contributed by atoms with E-state index in [9.17, 15) is 0 Å². The third-order valence-corrected chi connectivity index (χ3v) is 3.37. The van der Waals surface area contributed by atoms with E-state index >= 15 is 0 Å². The highest BCUT2D eigenvalue weighted by molar-refractivity contribution is 4.78. The lowest BCUT2D eigenvalue weighted by molar-refractivity contribution is 0.100. The molecule has 72 valence electrons. The van der Waals surface area contributed by atoms with Crippen LogP contribution in [0.3, 0.4) is 0 Å². The molecule has 1 aliphatic rings. The SMILES string of the molecule is CCC1CCN(C(C)C)C[C@@H]1C. The molecule has 1 fully saturated rings. The standard InChI is InChI=1S/C11H23N/c1-5-11-6-7-12(9(2)3)8-10(11)4/h9-11H,5-8H2,1-4H3/t10-,11?/m0/s1. The van der Waals surface area contributed by atoms with E-state index in [0.29, 0.717) is 0 Å². The molecule has 0 saturated carbocycles. The van der Waals surface area contributed by atoms with Gasteiger partial charge in [-0.2, -0.15) is 0 Å². The van der Waals surface area contributed by atoms with Crippen LogP contribution in [0.25, 0.3) is 0 Å². The van der Waals surface area contributed by atoms with Crippen LogP contribution < -0.4 is 0 Å². The van der Waals surface area contributed by atoms with Crippen molar-refractivity contribution in [3.63, 3.8) is 0 Å². The second kappa shape index (κ2) is 4.27. The first-order chi connectivity index (χ1) is 5.65. The molecule has 0 aromatic heterocycles. The van der Waals surface area contributed by atoms with Crippen molar-refractivity contribution in [3.8, 4) is 0 Å². The van der Waals surface area contributed by atoms with E-state index < -0.39 is 0 Å². The van der Waals surface area contributed by atoms with Crippen molar-refractivity contribution in [1.29, 1.82) is 0 Å². The molecule has 0 spiro atoms. The summed E-state index contributed by atoms with van der Waals surface area (Å²) in [5, 5.41) is 0. The summed E-state index contributed by atoms with van der Waals surface area (Å²) in [4.78, 5) is 2.61. The summed E-state index contributed by atoms with van der Waals surface area (Å²) in [5.74, 6) is 1.89. The lowest BCUT2D eigenvalue weighted by atomic mass is 9.84. The number of hydrogen-bond acceptors (Lipinski definition) is 1. The molecule has 0 amide bonds. The quantitative estimate of drug-likeness (QED) is 0.614. The first-order valence-electron chi connectivity index (χ1n) is 5.39. The third kappa shape index (κ3) is 2.22. The van der Waals surface area contributed by atoms with Crippen molar-refractivity contribution < 1.29 is 0 Å². The maximum absolute atomic E-state index is 2.61. The molecular formula is C11H23N. The van der Waals surface area contributed by atoms with Gasteiger partial charge >= 0.3 is 0 Å². The Morgan fingerprint density at radius 2 is 2.08 bits per heavy atom. The molecule has 1 aliphatic heterocycles. The van der Waals surface area contributed by atoms with E-state index in [4.69, 9.17) is 0 Å². The Balaban J connectivity index is 2.40. The summed E-state index contributed by atoms with van der Waals surface area (Å²) < 4.78 is 0. The van der Waals surface area contributed by atoms with Crippen LogP contribution in [-0.4, -0.2) is 24.0 Å². The van der Waals surface area contributed by atoms with Crippen LogP contribution in [0, 0.1) is 11.8 Å². The maximum Gasteiger partial charge on any atom is 0.00387 e. The molecule has 1 saturated heterocycles. The molecular weight excluding hydrogens is 146 g/mol. The molecule has 1 heteroatoms. The smallest absolute Gasteiger partial charge is 0.00387 e. The van der Waals surface area contributed by atoms with Crippen molar-refractivity contribution in [2.45, 2.75) is 46.6 Å². The molecule has 0 aromatic carbocycles. The van der Waals surface area contributed by atoms with Gasteiger partial charge in [0.2, 0.25) is 0 Å². The predicted molar refractivity (Wildman–Crippen MR) is 54.3 cm³/mol. The van der Waals surface area contributed by atoms with Crippen LogP contribution in [-0.2, 0) is 0 Å². The van der Waals surface area contributed by atoms with Gasteiger partial charge in [-0.25, -0.2) is 0 Å². The zero-order chi connectivity index (χ0) is 9.14. The van der Waals surface area contributed by atoms with Crippen molar-refractivity contribution in [2.24, 2.45) is 11.8 Å². The van der Waals surface area contributed by atoms with Crippen LogP contribution in [0.2, 0.25) is 0 Å². The Kier molecular flexibility index (Phi) is 3.57. The van der Waals surface area contributed by atoms with Gasteiger partial charge in [0, 0.05) is 12.6 Å². The number of rotatable bonds is 2. The minimum Gasteiger partial charge on any atom is -0.301 e.